The molecule has 0 saturated carbocycles. The number of aryl methyl sites for hydroxylation is 1. The maximum absolute atomic E-state index is 11.1. The minimum absolute atomic E-state index is 0.0994. The van der Waals surface area contributed by atoms with Crippen molar-refractivity contribution in [2.45, 2.75) is 102 Å². The number of hydrogen-bond donors (Lipinski definition) is 2. The van der Waals surface area contributed by atoms with Gasteiger partial charge in [0, 0.05) is 36.0 Å². The van der Waals surface area contributed by atoms with Gasteiger partial charge in [0.2, 0.25) is 0 Å². The predicted octanol–water partition coefficient (Wildman–Crippen LogP) is 6.58. The summed E-state index contributed by atoms with van der Waals surface area (Å²) in [5, 5.41) is 21.2. The number of aromatic hydroxyl groups is 1. The molecule has 2 N–H and O–H groups in total. The maximum atomic E-state index is 11.1. The number of benzene rings is 2. The van der Waals surface area contributed by atoms with Crippen LogP contribution in [0, 0.1) is 0 Å². The number of aliphatic hydroxyl groups is 1. The number of rotatable bonds is 10. The van der Waals surface area contributed by atoms with Crippen molar-refractivity contribution in [1.82, 2.24) is 0 Å². The van der Waals surface area contributed by atoms with Crippen LogP contribution in [0.4, 0.5) is 5.69 Å². The standard InChI is InChI=1S/C29H41NO3/c1-3-25(31)16-15-23-18-24-14-7-8-17-30(24)27-19-26(20-28(32)29(23)27)33-21(2)10-9-13-22-11-5-4-6-12-22/h4-6,11-12,19-21,23-25,31-32H,3,7-10,13-18H2,1-2H3. The third-order valence-electron chi connectivity index (χ3n) is 7.59. The molecule has 2 aromatic carbocycles. The van der Waals surface area contributed by atoms with Gasteiger partial charge in [-0.25, -0.2) is 0 Å². The predicted molar refractivity (Wildman–Crippen MR) is 135 cm³/mol. The highest BCUT2D eigenvalue weighted by atomic mass is 16.5. The quantitative estimate of drug-likeness (QED) is 0.428. The Balaban J connectivity index is 1.46. The van der Waals surface area contributed by atoms with Gasteiger partial charge in [0.1, 0.15) is 11.5 Å². The molecule has 4 nitrogen and oxygen atoms in total. The Hall–Kier alpha value is -2.20. The highest BCUT2D eigenvalue weighted by Gasteiger charge is 2.36. The van der Waals surface area contributed by atoms with Crippen molar-refractivity contribution in [3.05, 3.63) is 53.6 Å². The number of nitrogens with zero attached hydrogens (tertiary/aromatic N) is 1. The van der Waals surface area contributed by atoms with Crippen molar-refractivity contribution in [1.29, 1.82) is 0 Å². The molecule has 0 bridgehead atoms. The molecule has 0 amide bonds. The van der Waals surface area contributed by atoms with Gasteiger partial charge in [-0.1, -0.05) is 37.3 Å². The van der Waals surface area contributed by atoms with E-state index in [2.05, 4.69) is 48.2 Å². The third kappa shape index (κ3) is 6.03. The second kappa shape index (κ2) is 11.3. The van der Waals surface area contributed by atoms with E-state index >= 15 is 0 Å². The SMILES string of the molecule is CCC(O)CCC1CC2CCCCN2c2cc(OC(C)CCCc3ccccc3)cc(O)c21. The fraction of sp³-hybridized carbons (Fsp3) is 0.586. The minimum Gasteiger partial charge on any atom is -0.507 e. The average Bonchev–Trinajstić information content (AvgIpc) is 2.82. The minimum atomic E-state index is -0.251. The van der Waals surface area contributed by atoms with E-state index in [1.165, 1.54) is 24.8 Å². The van der Waals surface area contributed by atoms with Crippen LogP contribution in [0.25, 0.3) is 0 Å². The summed E-state index contributed by atoms with van der Waals surface area (Å²) in [6.07, 6.45) is 10.3. The van der Waals surface area contributed by atoms with E-state index in [-0.39, 0.29) is 12.2 Å². The van der Waals surface area contributed by atoms with Crippen molar-refractivity contribution in [3.8, 4) is 11.5 Å². The monoisotopic (exact) mass is 451 g/mol. The summed E-state index contributed by atoms with van der Waals surface area (Å²) in [5.41, 5.74) is 3.60. The fourth-order valence-electron chi connectivity index (χ4n) is 5.72. The molecule has 2 aliphatic rings. The van der Waals surface area contributed by atoms with Gasteiger partial charge >= 0.3 is 0 Å². The second-order valence-electron chi connectivity index (χ2n) is 10.1. The van der Waals surface area contributed by atoms with Crippen molar-refractivity contribution in [2.24, 2.45) is 0 Å². The van der Waals surface area contributed by atoms with Crippen LogP contribution >= 0.6 is 0 Å². The highest BCUT2D eigenvalue weighted by molar-refractivity contribution is 5.66. The van der Waals surface area contributed by atoms with Crippen LogP contribution in [0.2, 0.25) is 0 Å². The van der Waals surface area contributed by atoms with Crippen LogP contribution in [-0.4, -0.2) is 35.0 Å². The topological polar surface area (TPSA) is 52.9 Å². The van der Waals surface area contributed by atoms with Crippen molar-refractivity contribution in [3.63, 3.8) is 0 Å². The number of aliphatic hydroxyl groups excluding tert-OH is 1. The smallest absolute Gasteiger partial charge is 0.125 e. The second-order valence-corrected chi connectivity index (χ2v) is 10.1. The normalized spacial score (nSPS) is 21.7. The molecule has 33 heavy (non-hydrogen) atoms. The fourth-order valence-corrected chi connectivity index (χ4v) is 5.72. The molecule has 1 saturated heterocycles. The van der Waals surface area contributed by atoms with Gasteiger partial charge in [-0.3, -0.25) is 0 Å². The molecule has 0 aliphatic carbocycles. The molecule has 0 spiro atoms. The lowest BCUT2D eigenvalue weighted by atomic mass is 9.79. The zero-order valence-corrected chi connectivity index (χ0v) is 20.4. The van der Waals surface area contributed by atoms with Gasteiger partial charge in [0.25, 0.3) is 0 Å². The van der Waals surface area contributed by atoms with E-state index in [4.69, 9.17) is 4.74 Å². The summed E-state index contributed by atoms with van der Waals surface area (Å²) in [6.45, 7) is 5.21. The molecule has 180 valence electrons. The summed E-state index contributed by atoms with van der Waals surface area (Å²) in [5.74, 6) is 1.44. The Bertz CT molecular complexity index is 884. The van der Waals surface area contributed by atoms with Gasteiger partial charge in [0.05, 0.1) is 12.2 Å². The first-order chi connectivity index (χ1) is 16.0. The molecule has 0 aromatic heterocycles. The highest BCUT2D eigenvalue weighted by Crippen LogP contribution is 2.49. The van der Waals surface area contributed by atoms with Crippen LogP contribution in [0.1, 0.15) is 88.7 Å². The zero-order chi connectivity index (χ0) is 23.2. The van der Waals surface area contributed by atoms with E-state index in [1.807, 2.05) is 13.0 Å². The molecule has 0 radical (unpaired) electrons. The lowest BCUT2D eigenvalue weighted by Crippen LogP contribution is -2.44. The largest absolute Gasteiger partial charge is 0.507 e. The first-order valence-electron chi connectivity index (χ1n) is 13.1. The van der Waals surface area contributed by atoms with E-state index in [1.54, 1.807) is 0 Å². The Kier molecular flexibility index (Phi) is 8.19. The van der Waals surface area contributed by atoms with Crippen LogP contribution in [0.5, 0.6) is 11.5 Å². The molecule has 4 heteroatoms. The van der Waals surface area contributed by atoms with Crippen molar-refractivity contribution >= 4 is 5.69 Å². The Morgan fingerprint density at radius 1 is 1.12 bits per heavy atom. The lowest BCUT2D eigenvalue weighted by Gasteiger charge is -2.45. The van der Waals surface area contributed by atoms with Crippen molar-refractivity contribution < 1.29 is 14.9 Å². The number of phenolic OH excluding ortho intramolecular Hbond substituents is 1. The Labute approximate surface area is 199 Å². The molecule has 4 atom stereocenters. The van der Waals surface area contributed by atoms with Crippen LogP contribution in [0.3, 0.4) is 0 Å². The zero-order valence-electron chi connectivity index (χ0n) is 20.4. The molecular weight excluding hydrogens is 410 g/mol. The summed E-state index contributed by atoms with van der Waals surface area (Å²) in [7, 11) is 0. The first-order valence-corrected chi connectivity index (χ1v) is 13.1. The summed E-state index contributed by atoms with van der Waals surface area (Å²) in [6, 6.07) is 15.1. The van der Waals surface area contributed by atoms with E-state index in [0.717, 1.165) is 68.5 Å². The van der Waals surface area contributed by atoms with Gasteiger partial charge in [-0.15, -0.1) is 0 Å². The summed E-state index contributed by atoms with van der Waals surface area (Å²) < 4.78 is 6.30. The molecule has 2 aromatic rings. The Morgan fingerprint density at radius 2 is 1.94 bits per heavy atom. The molecular formula is C29H41NO3. The number of ether oxygens (including phenoxy) is 1. The first kappa shape index (κ1) is 23.9. The molecule has 1 fully saturated rings. The maximum Gasteiger partial charge on any atom is 0.125 e. The number of piperidine rings is 1. The van der Waals surface area contributed by atoms with Gasteiger partial charge < -0.3 is 19.8 Å². The van der Waals surface area contributed by atoms with E-state index < -0.39 is 0 Å². The Morgan fingerprint density at radius 3 is 2.73 bits per heavy atom. The molecule has 4 unspecified atom stereocenters. The lowest BCUT2D eigenvalue weighted by molar-refractivity contribution is 0.152. The number of fused-ring (bicyclic) bond motifs is 3. The number of hydrogen-bond acceptors (Lipinski definition) is 4. The number of anilines is 1. The van der Waals surface area contributed by atoms with Gasteiger partial charge in [0.15, 0.2) is 0 Å². The van der Waals surface area contributed by atoms with E-state index in [9.17, 15) is 10.2 Å². The van der Waals surface area contributed by atoms with Gasteiger partial charge in [-0.05, 0) is 82.6 Å². The van der Waals surface area contributed by atoms with Crippen LogP contribution in [-0.2, 0) is 6.42 Å². The molecule has 2 heterocycles. The third-order valence-corrected chi connectivity index (χ3v) is 7.59. The van der Waals surface area contributed by atoms with Crippen molar-refractivity contribution in [2.75, 3.05) is 11.4 Å². The molecule has 4 rings (SSSR count). The van der Waals surface area contributed by atoms with E-state index in [0.29, 0.717) is 17.7 Å². The average molecular weight is 452 g/mol. The van der Waals surface area contributed by atoms with Crippen LogP contribution < -0.4 is 9.64 Å². The van der Waals surface area contributed by atoms with Gasteiger partial charge in [-0.2, -0.15) is 0 Å². The summed E-state index contributed by atoms with van der Waals surface area (Å²) in [4.78, 5) is 2.51. The van der Waals surface area contributed by atoms with Crippen LogP contribution in [0.15, 0.2) is 42.5 Å². The molecule has 2 aliphatic heterocycles. The number of phenols is 1. The summed E-state index contributed by atoms with van der Waals surface area (Å²) >= 11 is 0.